The standard InChI is InChI=1S/C34H38N2O4S2.C26H26N2O4.C24H24N2O4Se/c1-3-5-7-9-11-13-17-35-31(37)23-21-15-19-42-30(21)28-26-24(22-16-20-41-29(22)27(25(23)26)33(35)39)32(38)36(34(28)40)18-14-12-10-8-6-4-2;29-23-17-11-13-19-22-20(26(32)28(25(19)31)16-9-5-2-6-10-16)14-12-18(21(17)22)24(30)27(23)15-7-3-1-4-8-15;27-21-15-11-12-16-18-17(15)19(23(29)25(21)13-7-3-1-4-8-13)31-20(18)24(30)26(22(16)28)14-9-5-2-6-10-14/h15-16,19-20H,3-14,17-18H2,1-2H3;11-16H,1-10H2;11-14H,1-10H2. The van der Waals surface area contributed by atoms with Crippen molar-refractivity contribution in [2.24, 2.45) is 0 Å². The molecule has 0 radical (unpaired) electrons. The van der Waals surface area contributed by atoms with Gasteiger partial charge in [0.15, 0.2) is 0 Å². The van der Waals surface area contributed by atoms with Crippen LogP contribution < -0.4 is 0 Å². The van der Waals surface area contributed by atoms with Crippen LogP contribution in [0.3, 0.4) is 0 Å². The Morgan fingerprint density at radius 2 is 0.562 bits per heavy atom. The van der Waals surface area contributed by atoms with E-state index in [1.807, 2.05) is 22.9 Å². The minimum Gasteiger partial charge on any atom is -0.271 e. The van der Waals surface area contributed by atoms with E-state index in [9.17, 15) is 57.5 Å². The summed E-state index contributed by atoms with van der Waals surface area (Å²) in [5.41, 5.74) is 4.56. The molecule has 0 bridgehead atoms. The van der Waals surface area contributed by atoms with Gasteiger partial charge in [0.2, 0.25) is 0 Å². The molecule has 544 valence electrons. The predicted octanol–water partition coefficient (Wildman–Crippen LogP) is 17.6. The molecule has 18 nitrogen and oxygen atoms in total. The molecule has 9 heterocycles. The summed E-state index contributed by atoms with van der Waals surface area (Å²) in [6.07, 6.45) is 32.2. The number of carbonyl (C=O) groups excluding carboxylic acids is 12. The maximum absolute atomic E-state index is 14.1. The number of imide groups is 6. The maximum atomic E-state index is 14.1. The van der Waals surface area contributed by atoms with E-state index < -0.39 is 14.5 Å². The molecule has 0 atom stereocenters. The van der Waals surface area contributed by atoms with Crippen molar-refractivity contribution in [3.05, 3.63) is 124 Å². The molecule has 10 aliphatic rings. The summed E-state index contributed by atoms with van der Waals surface area (Å²) in [5, 5.41) is 8.34. The van der Waals surface area contributed by atoms with Crippen LogP contribution in [0.4, 0.5) is 0 Å². The van der Waals surface area contributed by atoms with Gasteiger partial charge in [-0.05, 0) is 85.7 Å². The number of thiophene rings is 2. The molecule has 0 unspecified atom stereocenters. The van der Waals surface area contributed by atoms with Gasteiger partial charge in [0.1, 0.15) is 0 Å². The first-order chi connectivity index (χ1) is 51.2. The van der Waals surface area contributed by atoms with Gasteiger partial charge in [-0.15, -0.1) is 22.7 Å². The molecule has 18 rings (SSSR count). The van der Waals surface area contributed by atoms with Crippen LogP contribution in [-0.2, 0) is 0 Å². The van der Waals surface area contributed by atoms with Crippen molar-refractivity contribution >= 4 is 161 Å². The zero-order valence-electron chi connectivity index (χ0n) is 59.9. The van der Waals surface area contributed by atoms with Crippen LogP contribution in [0.1, 0.15) is 341 Å². The second-order valence-corrected chi connectivity index (χ2v) is 34.4. The predicted molar refractivity (Wildman–Crippen MR) is 407 cm³/mol. The van der Waals surface area contributed by atoms with E-state index in [0.29, 0.717) is 121 Å². The first kappa shape index (κ1) is 70.9. The van der Waals surface area contributed by atoms with Crippen LogP contribution in [0, 0.1) is 0 Å². The Kier molecular flexibility index (Phi) is 19.9. The number of benzene rings is 5. The molecule has 12 amide bonds. The van der Waals surface area contributed by atoms with Crippen LogP contribution in [-0.4, -0.2) is 152 Å². The molecular formula is C84H88N6O12S2Se. The van der Waals surface area contributed by atoms with E-state index in [4.69, 9.17) is 0 Å². The quantitative estimate of drug-likeness (QED) is 0.0444. The minimum absolute atomic E-state index is 0.0569. The van der Waals surface area contributed by atoms with Crippen molar-refractivity contribution in [3.63, 3.8) is 0 Å². The Morgan fingerprint density at radius 3 is 0.867 bits per heavy atom. The van der Waals surface area contributed by atoms with E-state index in [-0.39, 0.29) is 95.1 Å². The molecule has 4 saturated carbocycles. The molecule has 21 heteroatoms. The Hall–Kier alpha value is -8.36. The summed E-state index contributed by atoms with van der Waals surface area (Å²) in [6.45, 7) is 5.11. The number of rotatable bonds is 18. The SMILES string of the molecule is CCCCCCCCN1C(=O)c2c3ccsc3c3c4c(c5ccsc5c(c24)C1=O)C(=O)N(CCCCCCCC)C3=O.O=C1c2ccc3c4c([se]c(c24)C(=O)N1C1CCCCC1)C(=O)N(C1CCCCC1)C3=O.O=C1c2ccc3c4c(ccc(c24)C(=O)N1C1CCCCC1)C(=O)N(C1CCCCC1)C3=O. The van der Waals surface area contributed by atoms with Crippen molar-refractivity contribution in [1.82, 2.24) is 29.4 Å². The number of carbonyl (C=O) groups is 12. The third kappa shape index (κ3) is 11.8. The normalized spacial score (nSPS) is 19.4. The maximum Gasteiger partial charge on any atom is 0.261 e. The van der Waals surface area contributed by atoms with Crippen LogP contribution in [0.15, 0.2) is 59.3 Å². The van der Waals surface area contributed by atoms with E-state index in [1.54, 1.807) is 36.4 Å². The molecule has 4 fully saturated rings. The van der Waals surface area contributed by atoms with E-state index >= 15 is 0 Å². The van der Waals surface area contributed by atoms with Gasteiger partial charge < -0.3 is 0 Å². The minimum atomic E-state index is -0.484. The molecule has 6 aliphatic heterocycles. The third-order valence-electron chi connectivity index (χ3n) is 24.2. The molecule has 0 N–H and O–H groups in total. The largest absolute Gasteiger partial charge is 0.271 e. The van der Waals surface area contributed by atoms with Gasteiger partial charge in [-0.25, -0.2) is 0 Å². The van der Waals surface area contributed by atoms with Gasteiger partial charge in [-0.3, -0.25) is 58.0 Å². The van der Waals surface area contributed by atoms with Gasteiger partial charge >= 0.3 is 186 Å². The number of fused-ring (bicyclic) bond motifs is 6. The molecule has 8 aromatic rings. The number of nitrogens with zero attached hydrogens (tertiary/aromatic N) is 6. The fraction of sp³-hybridized carbons (Fsp3) is 0.476. The first-order valence-electron chi connectivity index (χ1n) is 39.0. The smallest absolute Gasteiger partial charge is 0.261 e. The fourth-order valence-corrected chi connectivity index (χ4v) is 23.3. The number of amides is 12. The molecule has 105 heavy (non-hydrogen) atoms. The Bertz CT molecular complexity index is 4560. The van der Waals surface area contributed by atoms with Crippen LogP contribution in [0.5, 0.6) is 0 Å². The monoisotopic (exact) mass is 1520 g/mol. The van der Waals surface area contributed by atoms with Gasteiger partial charge in [0.05, 0.1) is 22.3 Å². The summed E-state index contributed by atoms with van der Waals surface area (Å²) < 4.78 is 2.64. The second kappa shape index (κ2) is 29.4. The fourth-order valence-electron chi connectivity index (χ4n) is 18.9. The molecule has 0 spiro atoms. The van der Waals surface area contributed by atoms with E-state index in [2.05, 4.69) is 13.8 Å². The first-order valence-corrected chi connectivity index (χ1v) is 42.5. The number of unbranched alkanes of at least 4 members (excludes halogenated alkanes) is 10. The van der Waals surface area contributed by atoms with Crippen LogP contribution in [0.25, 0.3) is 52.5 Å². The zero-order valence-corrected chi connectivity index (χ0v) is 63.3. The molecular weight excluding hydrogens is 1430 g/mol. The average molecular weight is 1520 g/mol. The van der Waals surface area contributed by atoms with E-state index in [1.165, 1.54) is 77.8 Å². The van der Waals surface area contributed by atoms with Crippen LogP contribution in [0.2, 0.25) is 0 Å². The Labute approximate surface area is 623 Å². The topological polar surface area (TPSA) is 224 Å². The second-order valence-electron chi connectivity index (χ2n) is 30.5. The molecule has 3 aromatic heterocycles. The van der Waals surface area contributed by atoms with E-state index in [0.717, 1.165) is 189 Å². The third-order valence-corrected chi connectivity index (χ3v) is 28.5. The summed E-state index contributed by atoms with van der Waals surface area (Å²) in [6, 6.07) is 13.7. The summed E-state index contributed by atoms with van der Waals surface area (Å²) in [5.74, 6) is -3.42. The number of hydrogen-bond acceptors (Lipinski definition) is 14. The average Bonchev–Trinajstić information content (AvgIpc) is 1.69. The van der Waals surface area contributed by atoms with Crippen molar-refractivity contribution in [1.29, 1.82) is 0 Å². The Morgan fingerprint density at radius 1 is 0.295 bits per heavy atom. The Balaban J connectivity index is 0.000000123. The van der Waals surface area contributed by atoms with Gasteiger partial charge in [-0.1, -0.05) is 117 Å². The summed E-state index contributed by atoms with van der Waals surface area (Å²) in [4.78, 5) is 172. The van der Waals surface area contributed by atoms with Crippen molar-refractivity contribution in [2.45, 2.75) is 243 Å². The van der Waals surface area contributed by atoms with Gasteiger partial charge in [0.25, 0.3) is 47.3 Å². The van der Waals surface area contributed by atoms with Crippen molar-refractivity contribution in [2.75, 3.05) is 13.1 Å². The van der Waals surface area contributed by atoms with Crippen molar-refractivity contribution < 1.29 is 57.5 Å². The zero-order chi connectivity index (χ0) is 72.6. The molecule has 0 saturated heterocycles. The summed E-state index contributed by atoms with van der Waals surface area (Å²) in [7, 11) is 0. The molecule has 5 aromatic carbocycles. The van der Waals surface area contributed by atoms with Gasteiger partial charge in [0, 0.05) is 89.1 Å². The van der Waals surface area contributed by atoms with Gasteiger partial charge in [-0.2, -0.15) is 0 Å². The number of hydrogen-bond donors (Lipinski definition) is 0. The summed E-state index contributed by atoms with van der Waals surface area (Å²) >= 11 is 2.37. The van der Waals surface area contributed by atoms with Crippen LogP contribution >= 0.6 is 22.7 Å². The van der Waals surface area contributed by atoms with Crippen molar-refractivity contribution in [3.8, 4) is 0 Å². The molecule has 4 aliphatic carbocycles.